The minimum atomic E-state index is -0.250. The molecule has 0 aromatic carbocycles. The maximum Gasteiger partial charge on any atom is 0.290 e. The van der Waals surface area contributed by atoms with Gasteiger partial charge in [0, 0.05) is 0 Å². The van der Waals surface area contributed by atoms with E-state index in [2.05, 4.69) is 20.6 Å². The van der Waals surface area contributed by atoms with Crippen LogP contribution in [-0.4, -0.2) is 32.2 Å². The molecule has 0 fully saturated rings. The smallest absolute Gasteiger partial charge is 0.290 e. The molecular formula is C2H4N4O2. The van der Waals surface area contributed by atoms with Crippen molar-refractivity contribution in [2.75, 3.05) is 0 Å². The fourth-order valence-electron chi connectivity index (χ4n) is 0.129. The van der Waals surface area contributed by atoms with Gasteiger partial charge in [-0.1, -0.05) is 5.21 Å². The molecule has 8 heavy (non-hydrogen) atoms. The standard InChI is InChI=1S/CH2N4.CH2O2/c1-2-4-5-3-1;2-1-3/h1H,(H,2,3,4,5);1H,(H,2,3). The summed E-state index contributed by atoms with van der Waals surface area (Å²) >= 11 is 0. The molecule has 0 atom stereocenters. The van der Waals surface area contributed by atoms with Crippen LogP contribution < -0.4 is 0 Å². The van der Waals surface area contributed by atoms with Crippen LogP contribution in [0.3, 0.4) is 0 Å². The molecule has 0 aliphatic heterocycles. The zero-order chi connectivity index (χ0) is 6.24. The monoisotopic (exact) mass is 116 g/mol. The van der Waals surface area contributed by atoms with E-state index >= 15 is 0 Å². The van der Waals surface area contributed by atoms with Crippen molar-refractivity contribution in [3.8, 4) is 0 Å². The van der Waals surface area contributed by atoms with Gasteiger partial charge in [-0.25, -0.2) is 0 Å². The Morgan fingerprint density at radius 3 is 2.50 bits per heavy atom. The molecular weight excluding hydrogens is 112 g/mol. The second kappa shape index (κ2) is 5.54. The summed E-state index contributed by atoms with van der Waals surface area (Å²) in [7, 11) is 0. The largest absolute Gasteiger partial charge is 0.483 e. The number of carbonyl (C=O) groups is 1. The highest BCUT2D eigenvalue weighted by molar-refractivity contribution is 5.32. The first kappa shape index (κ1) is 6.54. The maximum atomic E-state index is 8.36. The zero-order valence-electron chi connectivity index (χ0n) is 3.85. The van der Waals surface area contributed by atoms with Crippen molar-refractivity contribution in [2.45, 2.75) is 0 Å². The van der Waals surface area contributed by atoms with Gasteiger partial charge in [0.15, 0.2) is 6.33 Å². The summed E-state index contributed by atoms with van der Waals surface area (Å²) in [5, 5.41) is 19.1. The molecule has 0 saturated carbocycles. The summed E-state index contributed by atoms with van der Waals surface area (Å²) < 4.78 is 0. The van der Waals surface area contributed by atoms with Gasteiger partial charge in [0.1, 0.15) is 0 Å². The predicted molar refractivity (Wildman–Crippen MR) is 22.9 cm³/mol. The molecule has 44 valence electrons. The van der Waals surface area contributed by atoms with E-state index in [1.807, 2.05) is 0 Å². The van der Waals surface area contributed by atoms with Crippen LogP contribution >= 0.6 is 0 Å². The summed E-state index contributed by atoms with van der Waals surface area (Å²) in [4.78, 5) is 8.36. The number of hydrogen-bond donors (Lipinski definition) is 2. The fourth-order valence-corrected chi connectivity index (χ4v) is 0.129. The van der Waals surface area contributed by atoms with Gasteiger partial charge < -0.3 is 5.11 Å². The normalized spacial score (nSPS) is 6.50. The molecule has 1 aromatic heterocycles. The molecule has 0 amide bonds. The van der Waals surface area contributed by atoms with E-state index in [0.29, 0.717) is 0 Å². The van der Waals surface area contributed by atoms with Gasteiger partial charge in [-0.15, -0.1) is 10.2 Å². The Hall–Kier alpha value is -1.46. The summed E-state index contributed by atoms with van der Waals surface area (Å²) in [6, 6.07) is 0. The number of tetrazole rings is 1. The van der Waals surface area contributed by atoms with E-state index in [9.17, 15) is 0 Å². The lowest BCUT2D eigenvalue weighted by molar-refractivity contribution is -0.122. The SMILES string of the molecule is O=CO.c1nn[nH]n1. The van der Waals surface area contributed by atoms with Crippen LogP contribution in [0, 0.1) is 0 Å². The van der Waals surface area contributed by atoms with Crippen LogP contribution in [0.4, 0.5) is 0 Å². The lowest BCUT2D eigenvalue weighted by Gasteiger charge is -1.44. The summed E-state index contributed by atoms with van der Waals surface area (Å²) in [5.41, 5.74) is 0. The molecule has 0 bridgehead atoms. The minimum Gasteiger partial charge on any atom is -0.483 e. The maximum absolute atomic E-state index is 8.36. The number of carboxylic acid groups (broad SMARTS) is 1. The number of H-pyrrole nitrogens is 1. The molecule has 2 N–H and O–H groups in total. The van der Waals surface area contributed by atoms with Crippen LogP contribution in [-0.2, 0) is 4.79 Å². The van der Waals surface area contributed by atoms with E-state index < -0.39 is 0 Å². The number of hydrogen-bond acceptors (Lipinski definition) is 4. The van der Waals surface area contributed by atoms with Gasteiger partial charge in [0.25, 0.3) is 6.47 Å². The average molecular weight is 116 g/mol. The summed E-state index contributed by atoms with van der Waals surface area (Å²) in [5.74, 6) is 0. The van der Waals surface area contributed by atoms with Gasteiger partial charge >= 0.3 is 0 Å². The molecule has 1 rings (SSSR count). The Bertz CT molecular complexity index is 98.4. The van der Waals surface area contributed by atoms with Gasteiger partial charge in [0.2, 0.25) is 0 Å². The van der Waals surface area contributed by atoms with E-state index in [-0.39, 0.29) is 6.47 Å². The van der Waals surface area contributed by atoms with Crippen molar-refractivity contribution in [3.05, 3.63) is 6.33 Å². The van der Waals surface area contributed by atoms with Gasteiger partial charge in [0.05, 0.1) is 0 Å². The molecule has 6 nitrogen and oxygen atoms in total. The van der Waals surface area contributed by atoms with Gasteiger partial charge in [-0.05, 0) is 0 Å². The number of rotatable bonds is 0. The van der Waals surface area contributed by atoms with Crippen LogP contribution in [0.1, 0.15) is 0 Å². The molecule has 0 radical (unpaired) electrons. The molecule has 0 aliphatic rings. The first-order valence-electron chi connectivity index (χ1n) is 1.66. The number of aromatic nitrogens is 4. The number of nitrogens with one attached hydrogen (secondary N) is 1. The van der Waals surface area contributed by atoms with Crippen LogP contribution in [0.5, 0.6) is 0 Å². The topological polar surface area (TPSA) is 91.8 Å². The average Bonchev–Trinajstić information content (AvgIpc) is 2.17. The Kier molecular flexibility index (Phi) is 4.53. The molecule has 0 saturated heterocycles. The highest BCUT2D eigenvalue weighted by Gasteiger charge is 1.58. The van der Waals surface area contributed by atoms with Crippen molar-refractivity contribution < 1.29 is 9.90 Å². The summed E-state index contributed by atoms with van der Waals surface area (Å²) in [6.45, 7) is -0.250. The third-order valence-corrected chi connectivity index (χ3v) is 0.270. The first-order valence-corrected chi connectivity index (χ1v) is 1.66. The molecule has 1 heterocycles. The Morgan fingerprint density at radius 2 is 2.38 bits per heavy atom. The fraction of sp³-hybridized carbons (Fsp3) is 0. The molecule has 1 aromatic rings. The molecule has 0 aliphatic carbocycles. The van der Waals surface area contributed by atoms with Crippen molar-refractivity contribution >= 4 is 6.47 Å². The van der Waals surface area contributed by atoms with Gasteiger partial charge in [-0.3, -0.25) is 4.79 Å². The number of nitrogens with zero attached hydrogens (tertiary/aromatic N) is 3. The second-order valence-corrected chi connectivity index (χ2v) is 0.665. The third-order valence-electron chi connectivity index (χ3n) is 0.270. The molecule has 6 heteroatoms. The van der Waals surface area contributed by atoms with Gasteiger partial charge in [-0.2, -0.15) is 5.21 Å². The number of aromatic amines is 1. The molecule has 0 unspecified atom stereocenters. The highest BCUT2D eigenvalue weighted by atomic mass is 16.3. The first-order chi connectivity index (χ1) is 3.91. The Balaban J connectivity index is 0.000000145. The Labute approximate surface area is 44.5 Å². The van der Waals surface area contributed by atoms with Crippen molar-refractivity contribution in [2.24, 2.45) is 0 Å². The summed E-state index contributed by atoms with van der Waals surface area (Å²) in [6.07, 6.45) is 1.33. The lowest BCUT2D eigenvalue weighted by Crippen LogP contribution is -1.64. The van der Waals surface area contributed by atoms with Crippen LogP contribution in [0.25, 0.3) is 0 Å². The second-order valence-electron chi connectivity index (χ2n) is 0.665. The quantitative estimate of drug-likeness (QED) is 0.420. The van der Waals surface area contributed by atoms with Crippen molar-refractivity contribution in [1.82, 2.24) is 20.6 Å². The van der Waals surface area contributed by atoms with E-state index in [4.69, 9.17) is 9.90 Å². The lowest BCUT2D eigenvalue weighted by atomic mass is 11.4. The Morgan fingerprint density at radius 1 is 1.75 bits per heavy atom. The molecule has 0 spiro atoms. The zero-order valence-corrected chi connectivity index (χ0v) is 3.85. The third kappa shape index (κ3) is 4.54. The van der Waals surface area contributed by atoms with E-state index in [1.165, 1.54) is 6.33 Å². The highest BCUT2D eigenvalue weighted by Crippen LogP contribution is 1.43. The van der Waals surface area contributed by atoms with Crippen molar-refractivity contribution in [3.63, 3.8) is 0 Å². The predicted octanol–water partition coefficient (Wildman–Crippen LogP) is -1.10. The van der Waals surface area contributed by atoms with Crippen LogP contribution in [0.2, 0.25) is 0 Å². The van der Waals surface area contributed by atoms with E-state index in [0.717, 1.165) is 0 Å². The van der Waals surface area contributed by atoms with E-state index in [1.54, 1.807) is 0 Å². The minimum absolute atomic E-state index is 0.250. The van der Waals surface area contributed by atoms with Crippen LogP contribution in [0.15, 0.2) is 6.33 Å². The van der Waals surface area contributed by atoms with Crippen molar-refractivity contribution in [1.29, 1.82) is 0 Å².